The Morgan fingerprint density at radius 1 is 1.00 bits per heavy atom. The largest absolute Gasteiger partial charge is 0.456 e. The summed E-state index contributed by atoms with van der Waals surface area (Å²) < 4.78 is 6.79. The molecule has 2 aromatic carbocycles. The highest BCUT2D eigenvalue weighted by Gasteiger charge is 2.13. The Morgan fingerprint density at radius 2 is 1.66 bits per heavy atom. The van der Waals surface area contributed by atoms with Crippen molar-refractivity contribution in [2.75, 3.05) is 0 Å². The lowest BCUT2D eigenvalue weighted by Crippen LogP contribution is -2.16. The average molecular weight is 404 g/mol. The summed E-state index contributed by atoms with van der Waals surface area (Å²) in [5.41, 5.74) is 2.39. The highest BCUT2D eigenvalue weighted by molar-refractivity contribution is 7.15. The van der Waals surface area contributed by atoms with E-state index < -0.39 is 5.97 Å². The standard InChI is InChI=1S/C22H16N2O4S/c1-14-13-29-22-23-18(11-19(25)24(14)22)12-28-21(27)17-9-7-16(8-10-17)20(26)15-5-3-2-4-6-15/h2-11,13H,12H2,1H3. The Bertz CT molecular complexity index is 1260. The van der Waals surface area contributed by atoms with E-state index in [4.69, 9.17) is 4.74 Å². The van der Waals surface area contributed by atoms with Gasteiger partial charge in [-0.05, 0) is 19.1 Å². The van der Waals surface area contributed by atoms with Gasteiger partial charge in [-0.25, -0.2) is 9.78 Å². The van der Waals surface area contributed by atoms with Gasteiger partial charge in [-0.3, -0.25) is 14.0 Å². The molecule has 0 bridgehead atoms. The van der Waals surface area contributed by atoms with Gasteiger partial charge in [0.15, 0.2) is 10.7 Å². The fourth-order valence-corrected chi connectivity index (χ4v) is 3.80. The van der Waals surface area contributed by atoms with E-state index in [1.165, 1.54) is 21.8 Å². The number of thiazole rings is 1. The van der Waals surface area contributed by atoms with Crippen LogP contribution >= 0.6 is 11.3 Å². The Labute approximate surface area is 170 Å². The van der Waals surface area contributed by atoms with E-state index >= 15 is 0 Å². The number of aryl methyl sites for hydroxylation is 1. The van der Waals surface area contributed by atoms with Crippen LogP contribution in [0.3, 0.4) is 0 Å². The van der Waals surface area contributed by atoms with E-state index in [0.29, 0.717) is 27.3 Å². The van der Waals surface area contributed by atoms with Gasteiger partial charge in [-0.1, -0.05) is 42.5 Å². The SMILES string of the molecule is Cc1csc2nc(COC(=O)c3ccc(C(=O)c4ccccc4)cc3)cc(=O)n12. The van der Waals surface area contributed by atoms with Crippen molar-refractivity contribution in [2.45, 2.75) is 13.5 Å². The van der Waals surface area contributed by atoms with Crippen molar-refractivity contribution in [1.82, 2.24) is 9.38 Å². The first-order chi connectivity index (χ1) is 14.0. The minimum atomic E-state index is -0.548. The number of fused-ring (bicyclic) bond motifs is 1. The number of aromatic nitrogens is 2. The average Bonchev–Trinajstić information content (AvgIpc) is 3.13. The second-order valence-corrected chi connectivity index (χ2v) is 7.27. The summed E-state index contributed by atoms with van der Waals surface area (Å²) in [5, 5.41) is 1.85. The lowest BCUT2D eigenvalue weighted by Gasteiger charge is -2.06. The predicted octanol–water partition coefficient (Wildman–Crippen LogP) is 3.65. The molecule has 0 amide bonds. The van der Waals surface area contributed by atoms with E-state index in [0.717, 1.165) is 5.69 Å². The number of rotatable bonds is 5. The molecule has 0 radical (unpaired) electrons. The fraction of sp³-hybridized carbons (Fsp3) is 0.0909. The van der Waals surface area contributed by atoms with E-state index in [-0.39, 0.29) is 17.9 Å². The van der Waals surface area contributed by atoms with Crippen LogP contribution in [-0.2, 0) is 11.3 Å². The topological polar surface area (TPSA) is 77.7 Å². The highest BCUT2D eigenvalue weighted by Crippen LogP contribution is 2.14. The molecular weight excluding hydrogens is 388 g/mol. The third-order valence-corrected chi connectivity index (χ3v) is 5.34. The third kappa shape index (κ3) is 3.86. The molecule has 144 valence electrons. The molecule has 0 N–H and O–H groups in total. The quantitative estimate of drug-likeness (QED) is 0.375. The maximum absolute atomic E-state index is 12.4. The second kappa shape index (κ2) is 7.81. The van der Waals surface area contributed by atoms with Gasteiger partial charge in [0.25, 0.3) is 5.56 Å². The summed E-state index contributed by atoms with van der Waals surface area (Å²) in [6.45, 7) is 1.73. The van der Waals surface area contributed by atoms with Crippen molar-refractivity contribution in [1.29, 1.82) is 0 Å². The van der Waals surface area contributed by atoms with Crippen LogP contribution in [0.25, 0.3) is 4.96 Å². The number of benzene rings is 2. The zero-order valence-electron chi connectivity index (χ0n) is 15.5. The number of ether oxygens (including phenoxy) is 1. The number of carbonyl (C=O) groups excluding carboxylic acids is 2. The molecule has 2 aromatic heterocycles. The molecule has 4 rings (SSSR count). The van der Waals surface area contributed by atoms with Gasteiger partial charge in [-0.15, -0.1) is 11.3 Å². The van der Waals surface area contributed by atoms with Crippen LogP contribution in [0.15, 0.2) is 70.8 Å². The van der Waals surface area contributed by atoms with Gasteiger partial charge in [-0.2, -0.15) is 0 Å². The van der Waals surface area contributed by atoms with Crippen LogP contribution in [0.2, 0.25) is 0 Å². The Hall–Kier alpha value is -3.58. The van der Waals surface area contributed by atoms with Crippen LogP contribution in [0.4, 0.5) is 0 Å². The Balaban J connectivity index is 1.45. The first-order valence-electron chi connectivity index (χ1n) is 8.86. The van der Waals surface area contributed by atoms with E-state index in [1.54, 1.807) is 48.5 Å². The van der Waals surface area contributed by atoms with Crippen molar-refractivity contribution in [2.24, 2.45) is 0 Å². The van der Waals surface area contributed by atoms with Crippen molar-refractivity contribution >= 4 is 28.1 Å². The molecule has 0 aliphatic rings. The number of esters is 1. The van der Waals surface area contributed by atoms with Gasteiger partial charge in [0.1, 0.15) is 6.61 Å². The molecule has 0 saturated heterocycles. The maximum atomic E-state index is 12.4. The van der Waals surface area contributed by atoms with Crippen LogP contribution in [0.5, 0.6) is 0 Å². The van der Waals surface area contributed by atoms with Crippen molar-refractivity contribution in [3.63, 3.8) is 0 Å². The van der Waals surface area contributed by atoms with Crippen LogP contribution in [-0.4, -0.2) is 21.1 Å². The summed E-state index contributed by atoms with van der Waals surface area (Å²) in [7, 11) is 0. The van der Waals surface area contributed by atoms with E-state index in [1.807, 2.05) is 18.4 Å². The van der Waals surface area contributed by atoms with Crippen molar-refractivity contribution < 1.29 is 14.3 Å². The molecule has 7 heteroatoms. The molecule has 0 saturated carbocycles. The summed E-state index contributed by atoms with van der Waals surface area (Å²) in [6.07, 6.45) is 0. The minimum Gasteiger partial charge on any atom is -0.456 e. The van der Waals surface area contributed by atoms with Gasteiger partial charge < -0.3 is 4.74 Å². The number of hydrogen-bond acceptors (Lipinski definition) is 6. The van der Waals surface area contributed by atoms with Gasteiger partial charge in [0.05, 0.1) is 11.3 Å². The van der Waals surface area contributed by atoms with E-state index in [2.05, 4.69) is 4.98 Å². The molecule has 6 nitrogen and oxygen atoms in total. The Morgan fingerprint density at radius 3 is 2.38 bits per heavy atom. The smallest absolute Gasteiger partial charge is 0.338 e. The predicted molar refractivity (Wildman–Crippen MR) is 110 cm³/mol. The first-order valence-corrected chi connectivity index (χ1v) is 9.74. The van der Waals surface area contributed by atoms with Crippen molar-refractivity contribution in [3.8, 4) is 0 Å². The van der Waals surface area contributed by atoms with Gasteiger partial charge >= 0.3 is 5.97 Å². The molecule has 0 aliphatic carbocycles. The molecule has 0 aliphatic heterocycles. The number of nitrogens with zero attached hydrogens (tertiary/aromatic N) is 2. The number of ketones is 1. The highest BCUT2D eigenvalue weighted by atomic mass is 32.1. The lowest BCUT2D eigenvalue weighted by atomic mass is 10.0. The molecule has 0 atom stereocenters. The zero-order chi connectivity index (χ0) is 20.4. The Kier molecular flexibility index (Phi) is 5.05. The number of carbonyl (C=O) groups is 2. The summed E-state index contributed by atoms with van der Waals surface area (Å²) in [6, 6.07) is 16.6. The van der Waals surface area contributed by atoms with Crippen molar-refractivity contribution in [3.05, 3.63) is 104 Å². The fourth-order valence-electron chi connectivity index (χ4n) is 2.91. The van der Waals surface area contributed by atoms with Gasteiger partial charge in [0, 0.05) is 28.3 Å². The summed E-state index contributed by atoms with van der Waals surface area (Å²) in [5.74, 6) is -0.664. The molecule has 0 unspecified atom stereocenters. The molecule has 0 fully saturated rings. The third-order valence-electron chi connectivity index (χ3n) is 4.40. The lowest BCUT2D eigenvalue weighted by molar-refractivity contribution is 0.0467. The molecule has 4 aromatic rings. The molecule has 0 spiro atoms. The summed E-state index contributed by atoms with van der Waals surface area (Å²) >= 11 is 1.35. The maximum Gasteiger partial charge on any atom is 0.338 e. The van der Waals surface area contributed by atoms with Crippen LogP contribution in [0.1, 0.15) is 37.7 Å². The molecule has 29 heavy (non-hydrogen) atoms. The zero-order valence-corrected chi connectivity index (χ0v) is 16.3. The van der Waals surface area contributed by atoms with Gasteiger partial charge in [0.2, 0.25) is 0 Å². The second-order valence-electron chi connectivity index (χ2n) is 6.43. The van der Waals surface area contributed by atoms with E-state index in [9.17, 15) is 14.4 Å². The first kappa shape index (κ1) is 18.8. The minimum absolute atomic E-state index is 0.105. The molecular formula is C22H16N2O4S. The number of hydrogen-bond donors (Lipinski definition) is 0. The van der Waals surface area contributed by atoms with Crippen LogP contribution in [0, 0.1) is 6.92 Å². The monoisotopic (exact) mass is 404 g/mol. The normalized spacial score (nSPS) is 10.8. The van der Waals surface area contributed by atoms with Crippen LogP contribution < -0.4 is 5.56 Å². The molecule has 2 heterocycles. The summed E-state index contributed by atoms with van der Waals surface area (Å²) in [4.78, 5) is 41.8.